The van der Waals surface area contributed by atoms with Gasteiger partial charge in [0, 0.05) is 24.7 Å². The number of allylic oxidation sites excluding steroid dienone is 5. The van der Waals surface area contributed by atoms with Gasteiger partial charge < -0.3 is 20.1 Å². The topological polar surface area (TPSA) is 61.8 Å². The number of hydrogen-bond acceptors (Lipinski definition) is 4. The van der Waals surface area contributed by atoms with E-state index < -0.39 is 5.60 Å². The minimum absolute atomic E-state index is 0.117. The molecule has 1 aliphatic rings. The van der Waals surface area contributed by atoms with Gasteiger partial charge in [0.05, 0.1) is 0 Å². The standard InChI is InChI=1S/C24H42N2O2.C3H8O/c1-7-22(17-16-21(3)25-23(27)28-24(4,5)6)26-18-12-10-8-9-11-14-20(2)15-13-19-26;1-3(2)4/h8-11,14,21-22H,7,12-13,15-19H2,1-6H3,(H,25,27);3-4H,1-2H3/b10-8-,11-9-,20-14+;. The van der Waals surface area contributed by atoms with E-state index in [0.29, 0.717) is 6.04 Å². The van der Waals surface area contributed by atoms with Gasteiger partial charge >= 0.3 is 6.09 Å². The van der Waals surface area contributed by atoms with Crippen LogP contribution >= 0.6 is 0 Å². The summed E-state index contributed by atoms with van der Waals surface area (Å²) in [5.41, 5.74) is 0.984. The summed E-state index contributed by atoms with van der Waals surface area (Å²) in [6.45, 7) is 17.9. The van der Waals surface area contributed by atoms with Gasteiger partial charge in [0.2, 0.25) is 0 Å². The van der Waals surface area contributed by atoms with Crippen LogP contribution in [-0.4, -0.2) is 53.0 Å². The van der Waals surface area contributed by atoms with Crippen LogP contribution in [0.1, 0.15) is 93.9 Å². The molecule has 1 rings (SSSR count). The highest BCUT2D eigenvalue weighted by Crippen LogP contribution is 2.17. The van der Waals surface area contributed by atoms with Crippen molar-refractivity contribution in [2.75, 3.05) is 13.1 Å². The Kier molecular flexibility index (Phi) is 16.1. The molecule has 0 aliphatic carbocycles. The van der Waals surface area contributed by atoms with Crippen LogP contribution in [0.25, 0.3) is 0 Å². The number of carbonyl (C=O) groups is 1. The van der Waals surface area contributed by atoms with Gasteiger partial charge in [0.1, 0.15) is 5.60 Å². The Hall–Kier alpha value is -1.59. The fourth-order valence-corrected chi connectivity index (χ4v) is 3.49. The van der Waals surface area contributed by atoms with Crippen LogP contribution in [0.3, 0.4) is 0 Å². The third-order valence-corrected chi connectivity index (χ3v) is 5.02. The van der Waals surface area contributed by atoms with Crippen molar-refractivity contribution in [3.05, 3.63) is 36.0 Å². The number of hydrogen-bond donors (Lipinski definition) is 2. The highest BCUT2D eigenvalue weighted by atomic mass is 16.6. The molecule has 5 nitrogen and oxygen atoms in total. The number of alkyl carbamates (subject to hydrolysis) is 1. The molecule has 0 fully saturated rings. The molecule has 0 aromatic carbocycles. The SMILES string of the molecule is CC(C)O.CCC(CCC(C)NC(=O)OC(C)(C)C)N1CC\C=C/C=C\C=C(/C)CCC1. The monoisotopic (exact) mass is 450 g/mol. The van der Waals surface area contributed by atoms with Crippen molar-refractivity contribution in [3.8, 4) is 0 Å². The average molecular weight is 451 g/mol. The molecule has 0 aromatic heterocycles. The summed E-state index contributed by atoms with van der Waals surface area (Å²) < 4.78 is 5.37. The first-order valence-corrected chi connectivity index (χ1v) is 12.3. The molecule has 32 heavy (non-hydrogen) atoms. The van der Waals surface area contributed by atoms with E-state index in [4.69, 9.17) is 9.84 Å². The zero-order chi connectivity index (χ0) is 24.6. The minimum atomic E-state index is -0.454. The molecule has 186 valence electrons. The second-order valence-corrected chi connectivity index (χ2v) is 10.0. The summed E-state index contributed by atoms with van der Waals surface area (Å²) in [5.74, 6) is 0. The van der Waals surface area contributed by atoms with Crippen LogP contribution in [0.5, 0.6) is 0 Å². The van der Waals surface area contributed by atoms with Crippen molar-refractivity contribution in [2.24, 2.45) is 0 Å². The molecular weight excluding hydrogens is 400 g/mol. The van der Waals surface area contributed by atoms with E-state index >= 15 is 0 Å². The molecule has 2 N–H and O–H groups in total. The zero-order valence-corrected chi connectivity index (χ0v) is 22.0. The van der Waals surface area contributed by atoms with E-state index in [1.54, 1.807) is 13.8 Å². The van der Waals surface area contributed by atoms with Crippen LogP contribution in [0.4, 0.5) is 4.79 Å². The summed E-state index contributed by atoms with van der Waals surface area (Å²) in [4.78, 5) is 14.6. The third-order valence-electron chi connectivity index (χ3n) is 5.02. The molecule has 1 heterocycles. The number of nitrogens with one attached hydrogen (secondary N) is 1. The van der Waals surface area contributed by atoms with Gasteiger partial charge in [-0.1, -0.05) is 42.9 Å². The first kappa shape index (κ1) is 30.4. The highest BCUT2D eigenvalue weighted by molar-refractivity contribution is 5.67. The quantitative estimate of drug-likeness (QED) is 0.492. The maximum absolute atomic E-state index is 12.0. The lowest BCUT2D eigenvalue weighted by Gasteiger charge is -2.32. The van der Waals surface area contributed by atoms with E-state index in [-0.39, 0.29) is 18.2 Å². The summed E-state index contributed by atoms with van der Waals surface area (Å²) in [5, 5.41) is 11.0. The van der Waals surface area contributed by atoms with Crippen molar-refractivity contribution in [2.45, 2.75) is 118 Å². The van der Waals surface area contributed by atoms with Crippen LogP contribution in [0, 0.1) is 0 Å². The number of carbonyl (C=O) groups excluding carboxylic acids is 1. The maximum atomic E-state index is 12.0. The van der Waals surface area contributed by atoms with Crippen molar-refractivity contribution < 1.29 is 14.6 Å². The van der Waals surface area contributed by atoms with Gasteiger partial charge in [0.25, 0.3) is 0 Å². The van der Waals surface area contributed by atoms with E-state index in [0.717, 1.165) is 45.2 Å². The van der Waals surface area contributed by atoms with E-state index in [1.165, 1.54) is 12.0 Å². The van der Waals surface area contributed by atoms with Crippen molar-refractivity contribution >= 4 is 6.09 Å². The van der Waals surface area contributed by atoms with Gasteiger partial charge in [-0.25, -0.2) is 4.79 Å². The molecule has 0 bridgehead atoms. The summed E-state index contributed by atoms with van der Waals surface area (Å²) >= 11 is 0. The Labute approximate surface area is 198 Å². The summed E-state index contributed by atoms with van der Waals surface area (Å²) in [6, 6.07) is 0.672. The number of amides is 1. The molecule has 1 aliphatic heterocycles. The Morgan fingerprint density at radius 3 is 2.41 bits per heavy atom. The molecule has 0 spiro atoms. The Morgan fingerprint density at radius 2 is 1.81 bits per heavy atom. The predicted molar refractivity (Wildman–Crippen MR) is 137 cm³/mol. The lowest BCUT2D eigenvalue weighted by molar-refractivity contribution is 0.0503. The number of rotatable bonds is 6. The Morgan fingerprint density at radius 1 is 1.16 bits per heavy atom. The van der Waals surface area contributed by atoms with Crippen molar-refractivity contribution in [3.63, 3.8) is 0 Å². The second kappa shape index (κ2) is 17.0. The third kappa shape index (κ3) is 18.0. The van der Waals surface area contributed by atoms with Crippen LogP contribution in [0.15, 0.2) is 36.0 Å². The van der Waals surface area contributed by atoms with Gasteiger partial charge in [-0.05, 0) is 93.5 Å². The second-order valence-electron chi connectivity index (χ2n) is 10.0. The van der Waals surface area contributed by atoms with Crippen LogP contribution < -0.4 is 5.32 Å². The minimum Gasteiger partial charge on any atom is -0.444 e. The van der Waals surface area contributed by atoms with E-state index in [9.17, 15) is 4.79 Å². The van der Waals surface area contributed by atoms with E-state index in [2.05, 4.69) is 61.4 Å². The van der Waals surface area contributed by atoms with Gasteiger partial charge in [-0.15, -0.1) is 0 Å². The van der Waals surface area contributed by atoms with Gasteiger partial charge in [-0.2, -0.15) is 0 Å². The highest BCUT2D eigenvalue weighted by Gasteiger charge is 2.20. The van der Waals surface area contributed by atoms with E-state index in [1.807, 2.05) is 20.8 Å². The Balaban J connectivity index is 0.00000220. The lowest BCUT2D eigenvalue weighted by atomic mass is 10.0. The number of aliphatic hydroxyl groups excluding tert-OH is 1. The number of ether oxygens (including phenoxy) is 1. The zero-order valence-electron chi connectivity index (χ0n) is 22.0. The van der Waals surface area contributed by atoms with Crippen molar-refractivity contribution in [1.29, 1.82) is 0 Å². The molecule has 2 unspecified atom stereocenters. The molecule has 0 radical (unpaired) electrons. The fourth-order valence-electron chi connectivity index (χ4n) is 3.49. The van der Waals surface area contributed by atoms with Crippen molar-refractivity contribution in [1.82, 2.24) is 10.2 Å². The number of nitrogens with zero attached hydrogens (tertiary/aromatic N) is 1. The Bertz CT molecular complexity index is 585. The normalized spacial score (nSPS) is 21.5. The average Bonchev–Trinajstić information content (AvgIpc) is 2.63. The largest absolute Gasteiger partial charge is 0.444 e. The molecule has 1 amide bonds. The molecule has 0 saturated carbocycles. The number of aliphatic hydroxyl groups is 1. The predicted octanol–water partition coefficient (Wildman–Crippen LogP) is 6.39. The molecule has 2 atom stereocenters. The van der Waals surface area contributed by atoms with Gasteiger partial charge in [0.15, 0.2) is 0 Å². The molecule has 0 saturated heterocycles. The molecular formula is C27H50N2O3. The van der Waals surface area contributed by atoms with Gasteiger partial charge in [-0.3, -0.25) is 0 Å². The fraction of sp³-hybridized carbons (Fsp3) is 0.741. The van der Waals surface area contributed by atoms with Crippen LogP contribution in [0.2, 0.25) is 0 Å². The first-order valence-electron chi connectivity index (χ1n) is 12.3. The van der Waals surface area contributed by atoms with Crippen LogP contribution in [-0.2, 0) is 4.74 Å². The molecule has 0 aromatic rings. The lowest BCUT2D eigenvalue weighted by Crippen LogP contribution is -2.40. The summed E-state index contributed by atoms with van der Waals surface area (Å²) in [7, 11) is 0. The summed E-state index contributed by atoms with van der Waals surface area (Å²) in [6.07, 6.45) is 17.0. The molecule has 5 heteroatoms. The first-order chi connectivity index (χ1) is 14.9. The maximum Gasteiger partial charge on any atom is 0.407 e. The smallest absolute Gasteiger partial charge is 0.407 e.